The van der Waals surface area contributed by atoms with E-state index in [2.05, 4.69) is 19.9 Å². The Hall–Kier alpha value is -2.71. The minimum absolute atomic E-state index is 0.214. The van der Waals surface area contributed by atoms with E-state index in [4.69, 9.17) is 10.8 Å². The molecule has 0 saturated heterocycles. The molecule has 2 aromatic rings. The zero-order chi connectivity index (χ0) is 11.9. The number of carboxylic acid groups (broad SMARTS) is 1. The highest BCUT2D eigenvalue weighted by Gasteiger charge is 2.14. The molecule has 9 heteroatoms. The zero-order valence-corrected chi connectivity index (χ0v) is 7.64. The van der Waals surface area contributed by atoms with E-state index >= 15 is 0 Å². The fourth-order valence-electron chi connectivity index (χ4n) is 1.15. The molecule has 2 heterocycles. The minimum Gasteiger partial charge on any atom is -0.476 e. The van der Waals surface area contributed by atoms with Crippen LogP contribution in [0.2, 0.25) is 0 Å². The molecule has 0 saturated carbocycles. The number of hydrogen-bond donors (Lipinski definition) is 4. The molecular weight excluding hydrogens is 218 g/mol. The highest BCUT2D eigenvalue weighted by Crippen LogP contribution is 1.99. The summed E-state index contributed by atoms with van der Waals surface area (Å²) in [4.78, 5) is 44.4. The number of fused-ring (bicyclic) bond motifs is 1. The van der Waals surface area contributed by atoms with Crippen LogP contribution in [0.4, 0.5) is 5.95 Å². The number of nitrogen functional groups attached to an aromatic ring is 1. The van der Waals surface area contributed by atoms with Gasteiger partial charge in [0.1, 0.15) is 0 Å². The van der Waals surface area contributed by atoms with Crippen LogP contribution in [-0.2, 0) is 0 Å². The van der Waals surface area contributed by atoms with Crippen molar-refractivity contribution in [2.24, 2.45) is 0 Å². The van der Waals surface area contributed by atoms with E-state index < -0.39 is 22.8 Å². The van der Waals surface area contributed by atoms with Gasteiger partial charge in [-0.1, -0.05) is 0 Å². The van der Waals surface area contributed by atoms with E-state index in [1.54, 1.807) is 0 Å². The van der Waals surface area contributed by atoms with Crippen LogP contribution >= 0.6 is 0 Å². The molecule has 0 fully saturated rings. The predicted octanol–water partition coefficient (Wildman–Crippen LogP) is -1.71. The van der Waals surface area contributed by atoms with E-state index in [1.165, 1.54) is 0 Å². The van der Waals surface area contributed by atoms with Gasteiger partial charge in [-0.05, 0) is 0 Å². The number of carboxylic acids is 1. The lowest BCUT2D eigenvalue weighted by molar-refractivity contribution is 0.0689. The Morgan fingerprint density at radius 1 is 1.19 bits per heavy atom. The molecule has 0 atom stereocenters. The van der Waals surface area contributed by atoms with Crippen molar-refractivity contribution in [3.63, 3.8) is 0 Å². The first-order chi connectivity index (χ1) is 7.49. The Kier molecular flexibility index (Phi) is 1.94. The van der Waals surface area contributed by atoms with Gasteiger partial charge in [0.05, 0.1) is 0 Å². The summed E-state index contributed by atoms with van der Waals surface area (Å²) < 4.78 is 0. The lowest BCUT2D eigenvalue weighted by Crippen LogP contribution is -2.24. The maximum Gasteiger partial charge on any atom is 0.360 e. The van der Waals surface area contributed by atoms with Crippen molar-refractivity contribution in [3.05, 3.63) is 26.4 Å². The molecule has 9 nitrogen and oxygen atoms in total. The molecule has 0 aliphatic heterocycles. The summed E-state index contributed by atoms with van der Waals surface area (Å²) >= 11 is 0. The Morgan fingerprint density at radius 2 is 1.88 bits per heavy atom. The number of aromatic carboxylic acids is 1. The normalized spacial score (nSPS) is 10.5. The second-order valence-corrected chi connectivity index (χ2v) is 2.87. The summed E-state index contributed by atoms with van der Waals surface area (Å²) in [6, 6.07) is 0. The lowest BCUT2D eigenvalue weighted by Gasteiger charge is -1.98. The van der Waals surface area contributed by atoms with Gasteiger partial charge >= 0.3 is 5.97 Å². The Balaban J connectivity index is 2.96. The van der Waals surface area contributed by atoms with Crippen molar-refractivity contribution < 1.29 is 9.90 Å². The standard InChI is InChI=1S/C7H5N5O4/c8-7-11-3-1(4(13)12-7)10-5(14)2(9-3)6(15)16/h(H,10,14)(H,15,16)(H3,8,9,11,12,13). The number of nitrogens with zero attached hydrogens (tertiary/aromatic N) is 2. The topological polar surface area (TPSA) is 155 Å². The summed E-state index contributed by atoms with van der Waals surface area (Å²) in [5, 5.41) is 8.64. The average Bonchev–Trinajstić information content (AvgIpc) is 2.18. The molecule has 5 N–H and O–H groups in total. The van der Waals surface area contributed by atoms with Crippen molar-refractivity contribution in [2.45, 2.75) is 0 Å². The van der Waals surface area contributed by atoms with Crippen molar-refractivity contribution >= 4 is 23.1 Å². The highest BCUT2D eigenvalue weighted by molar-refractivity contribution is 5.86. The monoisotopic (exact) mass is 223 g/mol. The molecular formula is C7H5N5O4. The van der Waals surface area contributed by atoms with Gasteiger partial charge in [0.2, 0.25) is 11.6 Å². The number of anilines is 1. The number of carbonyl (C=O) groups is 1. The average molecular weight is 223 g/mol. The van der Waals surface area contributed by atoms with E-state index in [0.29, 0.717) is 0 Å². The molecule has 0 amide bonds. The third-order valence-electron chi connectivity index (χ3n) is 1.79. The summed E-state index contributed by atoms with van der Waals surface area (Å²) in [6.45, 7) is 0. The highest BCUT2D eigenvalue weighted by atomic mass is 16.4. The minimum atomic E-state index is -1.51. The van der Waals surface area contributed by atoms with E-state index in [-0.39, 0.29) is 17.1 Å². The van der Waals surface area contributed by atoms with Gasteiger partial charge in [-0.2, -0.15) is 4.98 Å². The van der Waals surface area contributed by atoms with E-state index in [1.807, 2.05) is 0 Å². The Labute approximate surface area is 86.0 Å². The number of rotatable bonds is 1. The van der Waals surface area contributed by atoms with Crippen molar-refractivity contribution in [3.8, 4) is 0 Å². The van der Waals surface area contributed by atoms with Crippen LogP contribution in [0.15, 0.2) is 9.59 Å². The fourth-order valence-corrected chi connectivity index (χ4v) is 1.15. The first kappa shape index (κ1) is 9.83. The van der Waals surface area contributed by atoms with Crippen molar-refractivity contribution in [2.75, 3.05) is 5.73 Å². The SMILES string of the molecule is Nc1nc2nc(C(=O)O)c(=O)[nH]c2c(=O)[nH]1. The third kappa shape index (κ3) is 1.39. The maximum absolute atomic E-state index is 11.3. The molecule has 2 rings (SSSR count). The molecule has 0 aromatic carbocycles. The molecule has 0 aliphatic rings. The van der Waals surface area contributed by atoms with Crippen LogP contribution in [0.25, 0.3) is 11.2 Å². The van der Waals surface area contributed by atoms with Crippen LogP contribution in [0, 0.1) is 0 Å². The Morgan fingerprint density at radius 3 is 2.50 bits per heavy atom. The summed E-state index contributed by atoms with van der Waals surface area (Å²) in [5.74, 6) is -1.72. The molecule has 0 bridgehead atoms. The second kappa shape index (κ2) is 3.15. The third-order valence-corrected chi connectivity index (χ3v) is 1.79. The van der Waals surface area contributed by atoms with E-state index in [9.17, 15) is 14.4 Å². The van der Waals surface area contributed by atoms with Gasteiger partial charge in [-0.15, -0.1) is 0 Å². The molecule has 0 spiro atoms. The zero-order valence-electron chi connectivity index (χ0n) is 7.64. The number of nitrogens with two attached hydrogens (primary N) is 1. The van der Waals surface area contributed by atoms with Gasteiger partial charge in [-0.3, -0.25) is 14.6 Å². The Bertz CT molecular complexity index is 700. The van der Waals surface area contributed by atoms with Crippen molar-refractivity contribution in [1.82, 2.24) is 19.9 Å². The second-order valence-electron chi connectivity index (χ2n) is 2.87. The first-order valence-corrected chi connectivity index (χ1v) is 4.02. The molecule has 16 heavy (non-hydrogen) atoms. The summed E-state index contributed by atoms with van der Waals surface area (Å²) in [6.07, 6.45) is 0. The van der Waals surface area contributed by atoms with Gasteiger partial charge in [-0.25, -0.2) is 9.78 Å². The maximum atomic E-state index is 11.3. The lowest BCUT2D eigenvalue weighted by atomic mass is 10.4. The van der Waals surface area contributed by atoms with Crippen LogP contribution in [0.1, 0.15) is 10.5 Å². The van der Waals surface area contributed by atoms with Crippen molar-refractivity contribution in [1.29, 1.82) is 0 Å². The van der Waals surface area contributed by atoms with Crippen LogP contribution in [-0.4, -0.2) is 31.0 Å². The van der Waals surface area contributed by atoms with Gasteiger partial charge in [0, 0.05) is 0 Å². The predicted molar refractivity (Wildman–Crippen MR) is 52.2 cm³/mol. The number of H-pyrrole nitrogens is 2. The number of aromatic nitrogens is 4. The van der Waals surface area contributed by atoms with Crippen LogP contribution < -0.4 is 16.9 Å². The van der Waals surface area contributed by atoms with Gasteiger partial charge < -0.3 is 15.8 Å². The van der Waals surface area contributed by atoms with Crippen LogP contribution in [0.3, 0.4) is 0 Å². The molecule has 0 radical (unpaired) electrons. The number of hydrogen-bond acceptors (Lipinski definition) is 6. The number of nitrogens with one attached hydrogen (secondary N) is 2. The number of aromatic amines is 2. The fraction of sp³-hybridized carbons (Fsp3) is 0. The quantitative estimate of drug-likeness (QED) is 0.448. The van der Waals surface area contributed by atoms with Gasteiger partial charge in [0.25, 0.3) is 11.1 Å². The summed E-state index contributed by atoms with van der Waals surface area (Å²) in [5.41, 5.74) is 2.39. The van der Waals surface area contributed by atoms with Crippen LogP contribution in [0.5, 0.6) is 0 Å². The van der Waals surface area contributed by atoms with E-state index in [0.717, 1.165) is 0 Å². The molecule has 82 valence electrons. The van der Waals surface area contributed by atoms with Gasteiger partial charge in [0.15, 0.2) is 11.2 Å². The molecule has 2 aromatic heterocycles. The first-order valence-electron chi connectivity index (χ1n) is 4.02. The smallest absolute Gasteiger partial charge is 0.360 e. The summed E-state index contributed by atoms with van der Waals surface area (Å²) in [7, 11) is 0. The molecule has 0 unspecified atom stereocenters. The largest absolute Gasteiger partial charge is 0.476 e. The molecule has 0 aliphatic carbocycles.